The van der Waals surface area contributed by atoms with Crippen LogP contribution < -0.4 is 10.2 Å². The Morgan fingerprint density at radius 1 is 1.17 bits per heavy atom. The van der Waals surface area contributed by atoms with Crippen LogP contribution in [0.25, 0.3) is 0 Å². The van der Waals surface area contributed by atoms with Crippen molar-refractivity contribution in [3.05, 3.63) is 64.4 Å². The van der Waals surface area contributed by atoms with E-state index < -0.39 is 35.3 Å². The predicted octanol–water partition coefficient (Wildman–Crippen LogP) is 4.21. The summed E-state index contributed by atoms with van der Waals surface area (Å²) in [6.45, 7) is 0.435. The SMILES string of the molecule is O=C(NCCc1cc(F)cc(Cl)c1)C1CCN(c2ccc(C(F)(F)F)cc2)C1=O. The Labute approximate surface area is 169 Å². The molecule has 1 heterocycles. The van der Waals surface area contributed by atoms with Gasteiger partial charge in [0.1, 0.15) is 11.7 Å². The van der Waals surface area contributed by atoms with Crippen LogP contribution in [0.5, 0.6) is 0 Å². The molecular weight excluding hydrogens is 412 g/mol. The van der Waals surface area contributed by atoms with Gasteiger partial charge in [0.2, 0.25) is 11.8 Å². The number of amides is 2. The van der Waals surface area contributed by atoms with Crippen molar-refractivity contribution in [3.63, 3.8) is 0 Å². The van der Waals surface area contributed by atoms with Crippen molar-refractivity contribution in [3.8, 4) is 0 Å². The van der Waals surface area contributed by atoms with Crippen molar-refractivity contribution in [2.45, 2.75) is 19.0 Å². The minimum Gasteiger partial charge on any atom is -0.355 e. The molecule has 0 aliphatic carbocycles. The summed E-state index contributed by atoms with van der Waals surface area (Å²) in [5.41, 5.74) is 0.117. The molecule has 2 amide bonds. The Morgan fingerprint density at radius 2 is 1.86 bits per heavy atom. The number of halogens is 5. The molecular formula is C20H17ClF4N2O2. The Kier molecular flexibility index (Phi) is 6.12. The quantitative estimate of drug-likeness (QED) is 0.573. The predicted molar refractivity (Wildman–Crippen MR) is 100 cm³/mol. The van der Waals surface area contributed by atoms with Crippen LogP contribution in [0.1, 0.15) is 17.5 Å². The highest BCUT2D eigenvalue weighted by Crippen LogP contribution is 2.32. The van der Waals surface area contributed by atoms with Crippen molar-refractivity contribution in [1.82, 2.24) is 5.32 Å². The van der Waals surface area contributed by atoms with Gasteiger partial charge in [0, 0.05) is 23.8 Å². The number of benzene rings is 2. The van der Waals surface area contributed by atoms with Crippen LogP contribution in [0.2, 0.25) is 5.02 Å². The summed E-state index contributed by atoms with van der Waals surface area (Å²) in [6, 6.07) is 8.31. The van der Waals surface area contributed by atoms with E-state index in [4.69, 9.17) is 11.6 Å². The average molecular weight is 429 g/mol. The number of rotatable bonds is 5. The van der Waals surface area contributed by atoms with Gasteiger partial charge in [-0.2, -0.15) is 13.2 Å². The molecule has 0 bridgehead atoms. The van der Waals surface area contributed by atoms with Crippen LogP contribution in [-0.2, 0) is 22.2 Å². The Morgan fingerprint density at radius 3 is 2.48 bits per heavy atom. The van der Waals surface area contributed by atoms with Crippen molar-refractivity contribution in [2.75, 3.05) is 18.0 Å². The highest BCUT2D eigenvalue weighted by molar-refractivity contribution is 6.30. The van der Waals surface area contributed by atoms with Crippen LogP contribution in [0.4, 0.5) is 23.2 Å². The molecule has 0 spiro atoms. The molecule has 2 aromatic rings. The number of carbonyl (C=O) groups excluding carboxylic acids is 2. The molecule has 1 N–H and O–H groups in total. The molecule has 1 aliphatic rings. The van der Waals surface area contributed by atoms with Crippen molar-refractivity contribution < 1.29 is 27.2 Å². The van der Waals surface area contributed by atoms with E-state index >= 15 is 0 Å². The molecule has 1 fully saturated rings. The maximum absolute atomic E-state index is 13.3. The van der Waals surface area contributed by atoms with Gasteiger partial charge in [-0.25, -0.2) is 4.39 Å². The zero-order valence-electron chi connectivity index (χ0n) is 15.1. The van der Waals surface area contributed by atoms with E-state index in [2.05, 4.69) is 5.32 Å². The van der Waals surface area contributed by atoms with Gasteiger partial charge < -0.3 is 10.2 Å². The molecule has 1 atom stereocenters. The lowest BCUT2D eigenvalue weighted by molar-refractivity contribution is -0.137. The molecule has 1 aliphatic heterocycles. The van der Waals surface area contributed by atoms with Gasteiger partial charge in [0.15, 0.2) is 0 Å². The number of alkyl halides is 3. The van der Waals surface area contributed by atoms with Gasteiger partial charge in [-0.05, 0) is 60.9 Å². The molecule has 0 radical (unpaired) electrons. The highest BCUT2D eigenvalue weighted by Gasteiger charge is 2.38. The summed E-state index contributed by atoms with van der Waals surface area (Å²) in [7, 11) is 0. The molecule has 0 aromatic heterocycles. The summed E-state index contributed by atoms with van der Waals surface area (Å²) in [5.74, 6) is -2.31. The fourth-order valence-electron chi connectivity index (χ4n) is 3.22. The molecule has 9 heteroatoms. The van der Waals surface area contributed by atoms with E-state index in [1.807, 2.05) is 0 Å². The second-order valence-corrected chi connectivity index (χ2v) is 7.13. The number of nitrogens with zero attached hydrogens (tertiary/aromatic N) is 1. The first-order valence-electron chi connectivity index (χ1n) is 8.86. The largest absolute Gasteiger partial charge is 0.416 e. The third-order valence-electron chi connectivity index (χ3n) is 4.66. The van der Waals surface area contributed by atoms with E-state index in [-0.39, 0.29) is 24.5 Å². The van der Waals surface area contributed by atoms with E-state index in [1.54, 1.807) is 6.07 Å². The number of carbonyl (C=O) groups is 2. The molecule has 0 saturated carbocycles. The second-order valence-electron chi connectivity index (χ2n) is 6.69. The fourth-order valence-corrected chi connectivity index (χ4v) is 3.46. The third kappa shape index (κ3) is 5.06. The van der Waals surface area contributed by atoms with Gasteiger partial charge in [-0.1, -0.05) is 11.6 Å². The molecule has 3 rings (SSSR count). The first-order valence-corrected chi connectivity index (χ1v) is 9.24. The Balaban J connectivity index is 1.57. The molecule has 2 aromatic carbocycles. The standard InChI is InChI=1S/C20H17ClF4N2O2/c21-14-9-12(10-15(22)11-14)5-7-26-18(28)17-6-8-27(19(17)29)16-3-1-13(2-4-16)20(23,24)25/h1-4,9-11,17H,5-8H2,(H,26,28). The molecule has 1 unspecified atom stereocenters. The molecule has 4 nitrogen and oxygen atoms in total. The lowest BCUT2D eigenvalue weighted by Crippen LogP contribution is -2.37. The van der Waals surface area contributed by atoms with E-state index in [9.17, 15) is 27.2 Å². The Hall–Kier alpha value is -2.61. The highest BCUT2D eigenvalue weighted by atomic mass is 35.5. The maximum Gasteiger partial charge on any atom is 0.416 e. The minimum absolute atomic E-state index is 0.197. The van der Waals surface area contributed by atoms with Crippen LogP contribution in [0, 0.1) is 11.7 Å². The molecule has 1 saturated heterocycles. The van der Waals surface area contributed by atoms with E-state index in [0.717, 1.165) is 12.1 Å². The zero-order valence-corrected chi connectivity index (χ0v) is 15.9. The number of anilines is 1. The summed E-state index contributed by atoms with van der Waals surface area (Å²) in [4.78, 5) is 26.2. The van der Waals surface area contributed by atoms with Gasteiger partial charge in [-0.3, -0.25) is 9.59 Å². The van der Waals surface area contributed by atoms with Crippen molar-refractivity contribution in [1.29, 1.82) is 0 Å². The number of hydrogen-bond donors (Lipinski definition) is 1. The third-order valence-corrected chi connectivity index (χ3v) is 4.88. The van der Waals surface area contributed by atoms with Crippen LogP contribution in [0.3, 0.4) is 0 Å². The maximum atomic E-state index is 13.3. The molecule has 154 valence electrons. The number of nitrogens with one attached hydrogen (secondary N) is 1. The summed E-state index contributed by atoms with van der Waals surface area (Å²) in [5, 5.41) is 2.90. The minimum atomic E-state index is -4.46. The van der Waals surface area contributed by atoms with E-state index in [1.165, 1.54) is 29.2 Å². The van der Waals surface area contributed by atoms with Crippen LogP contribution in [0.15, 0.2) is 42.5 Å². The zero-order chi connectivity index (χ0) is 21.2. The van der Waals surface area contributed by atoms with Crippen LogP contribution in [-0.4, -0.2) is 24.9 Å². The smallest absolute Gasteiger partial charge is 0.355 e. The normalized spacial score (nSPS) is 16.9. The fraction of sp³-hybridized carbons (Fsp3) is 0.300. The van der Waals surface area contributed by atoms with Crippen molar-refractivity contribution >= 4 is 29.1 Å². The van der Waals surface area contributed by atoms with E-state index in [0.29, 0.717) is 17.7 Å². The second kappa shape index (κ2) is 8.41. The summed E-state index contributed by atoms with van der Waals surface area (Å²) < 4.78 is 51.3. The van der Waals surface area contributed by atoms with Gasteiger partial charge >= 0.3 is 6.18 Å². The van der Waals surface area contributed by atoms with Gasteiger partial charge in [0.05, 0.1) is 5.56 Å². The summed E-state index contributed by atoms with van der Waals surface area (Å²) >= 11 is 5.78. The van der Waals surface area contributed by atoms with Crippen LogP contribution >= 0.6 is 11.6 Å². The average Bonchev–Trinajstić information content (AvgIpc) is 3.02. The number of hydrogen-bond acceptors (Lipinski definition) is 2. The Bertz CT molecular complexity index is 895. The first-order chi connectivity index (χ1) is 13.6. The van der Waals surface area contributed by atoms with Crippen molar-refractivity contribution in [2.24, 2.45) is 5.92 Å². The van der Waals surface area contributed by atoms with Gasteiger partial charge in [-0.15, -0.1) is 0 Å². The first kappa shape index (κ1) is 21.1. The molecule has 29 heavy (non-hydrogen) atoms. The topological polar surface area (TPSA) is 49.4 Å². The summed E-state index contributed by atoms with van der Waals surface area (Å²) in [6.07, 6.45) is -3.86. The monoisotopic (exact) mass is 428 g/mol. The van der Waals surface area contributed by atoms with Gasteiger partial charge in [0.25, 0.3) is 0 Å². The lowest BCUT2D eigenvalue weighted by Gasteiger charge is -2.17. The lowest BCUT2D eigenvalue weighted by atomic mass is 10.1.